The van der Waals surface area contributed by atoms with E-state index in [0.29, 0.717) is 30.4 Å². The molecule has 0 radical (unpaired) electrons. The Kier molecular flexibility index (Phi) is 6.38. The van der Waals surface area contributed by atoms with Crippen LogP contribution in [0.2, 0.25) is 0 Å². The van der Waals surface area contributed by atoms with Gasteiger partial charge in [0.15, 0.2) is 0 Å². The summed E-state index contributed by atoms with van der Waals surface area (Å²) in [5.74, 6) is 0.571. The Labute approximate surface area is 209 Å². The monoisotopic (exact) mass is 490 g/mol. The van der Waals surface area contributed by atoms with Gasteiger partial charge in [0, 0.05) is 49.3 Å². The van der Waals surface area contributed by atoms with Gasteiger partial charge in [-0.1, -0.05) is 6.07 Å². The highest BCUT2D eigenvalue weighted by Gasteiger charge is 2.29. The Hall–Kier alpha value is -3.52. The van der Waals surface area contributed by atoms with Crippen LogP contribution in [-0.2, 0) is 17.0 Å². The third kappa shape index (κ3) is 4.78. The third-order valence-electron chi connectivity index (χ3n) is 7.04. The molecule has 188 valence electrons. The van der Waals surface area contributed by atoms with Crippen molar-refractivity contribution in [2.24, 2.45) is 0 Å². The summed E-state index contributed by atoms with van der Waals surface area (Å²) in [5, 5.41) is 2.91. The number of anilines is 2. The molecule has 1 fully saturated rings. The molecule has 2 aliphatic rings. The summed E-state index contributed by atoms with van der Waals surface area (Å²) in [6, 6.07) is 12.8. The number of hydrogen-bond donors (Lipinski definition) is 1. The van der Waals surface area contributed by atoms with Gasteiger partial charge in [0.25, 0.3) is 11.5 Å². The van der Waals surface area contributed by atoms with Crippen molar-refractivity contribution in [3.05, 3.63) is 75.8 Å². The van der Waals surface area contributed by atoms with Crippen molar-refractivity contribution in [1.82, 2.24) is 9.55 Å². The summed E-state index contributed by atoms with van der Waals surface area (Å²) in [6.07, 6.45) is 3.33. The minimum atomic E-state index is -1.65. The molecule has 7 nitrogen and oxygen atoms in total. The maximum Gasteiger partial charge on any atom is 0.255 e. The fraction of sp³-hybridized carbons (Fsp3) is 0.393. The molecule has 0 spiro atoms. The number of nitrogens with zero attached hydrogens (tertiary/aromatic N) is 3. The fourth-order valence-corrected chi connectivity index (χ4v) is 5.01. The van der Waals surface area contributed by atoms with Gasteiger partial charge in [0.2, 0.25) is 0 Å². The molecule has 4 heterocycles. The Bertz CT molecular complexity index is 1360. The smallest absolute Gasteiger partial charge is 0.255 e. The first-order valence-corrected chi connectivity index (χ1v) is 12.4. The summed E-state index contributed by atoms with van der Waals surface area (Å²) in [7, 11) is 0. The molecule has 8 heteroatoms. The molecule has 0 bridgehead atoms. The number of amides is 1. The van der Waals surface area contributed by atoms with Gasteiger partial charge in [-0.05, 0) is 80.6 Å². The Morgan fingerprint density at radius 2 is 1.94 bits per heavy atom. The Morgan fingerprint density at radius 3 is 2.75 bits per heavy atom. The molecular formula is C28H31FN4O3. The highest BCUT2D eigenvalue weighted by molar-refractivity contribution is 6.04. The average molecular weight is 491 g/mol. The van der Waals surface area contributed by atoms with E-state index in [9.17, 15) is 14.0 Å². The molecule has 1 atom stereocenters. The Balaban J connectivity index is 1.46. The van der Waals surface area contributed by atoms with E-state index in [4.69, 9.17) is 4.74 Å². The molecule has 0 saturated carbocycles. The van der Waals surface area contributed by atoms with E-state index in [2.05, 4.69) is 21.3 Å². The van der Waals surface area contributed by atoms with Crippen molar-refractivity contribution < 1.29 is 13.9 Å². The molecule has 2 aromatic heterocycles. The summed E-state index contributed by atoms with van der Waals surface area (Å²) in [6.45, 7) is 7.65. The molecule has 1 N–H and O–H groups in total. The van der Waals surface area contributed by atoms with E-state index in [-0.39, 0.29) is 17.2 Å². The summed E-state index contributed by atoms with van der Waals surface area (Å²) >= 11 is 0. The van der Waals surface area contributed by atoms with Gasteiger partial charge in [0.1, 0.15) is 11.5 Å². The topological polar surface area (TPSA) is 76.5 Å². The second-order valence-corrected chi connectivity index (χ2v) is 10.0. The maximum absolute atomic E-state index is 14.3. The number of halogens is 1. The van der Waals surface area contributed by atoms with Crippen molar-refractivity contribution >= 4 is 17.4 Å². The quantitative estimate of drug-likeness (QED) is 0.575. The van der Waals surface area contributed by atoms with E-state index in [1.807, 2.05) is 29.7 Å². The normalized spacial score (nSPS) is 17.7. The molecule has 0 aliphatic carbocycles. The van der Waals surface area contributed by atoms with E-state index < -0.39 is 5.67 Å². The average Bonchev–Trinajstić information content (AvgIpc) is 3.10. The van der Waals surface area contributed by atoms with E-state index in [1.54, 1.807) is 12.1 Å². The number of hydrogen-bond acceptors (Lipinski definition) is 5. The summed E-state index contributed by atoms with van der Waals surface area (Å²) in [5.41, 5.74) is 2.13. The van der Waals surface area contributed by atoms with Crippen LogP contribution in [0, 0.1) is 6.92 Å². The molecule has 1 unspecified atom stereocenters. The van der Waals surface area contributed by atoms with Crippen molar-refractivity contribution in [1.29, 1.82) is 0 Å². The first-order chi connectivity index (χ1) is 17.2. The predicted molar refractivity (Wildman–Crippen MR) is 138 cm³/mol. The van der Waals surface area contributed by atoms with Crippen LogP contribution in [-0.4, -0.2) is 41.3 Å². The zero-order valence-electron chi connectivity index (χ0n) is 20.9. The molecule has 5 rings (SSSR count). The zero-order chi connectivity index (χ0) is 25.4. The standard InChI is InChI=1S/C28H31FN4O3/c1-18-4-5-21(31-27(35)19-6-9-30-24(14-19)28(2,3)29)17-23(18)20-15-25-32-11-13-36-12-8-22(32)7-10-33(25)26(34)16-20/h4-6,9,14-17,22H,7-8,10-13H2,1-3H3,(H,31,35). The van der Waals surface area contributed by atoms with Crippen molar-refractivity contribution in [3.8, 4) is 11.1 Å². The molecule has 1 amide bonds. The van der Waals surface area contributed by atoms with Gasteiger partial charge in [-0.3, -0.25) is 19.1 Å². The second-order valence-electron chi connectivity index (χ2n) is 10.0. The van der Waals surface area contributed by atoms with Crippen LogP contribution < -0.4 is 15.8 Å². The van der Waals surface area contributed by atoms with Gasteiger partial charge >= 0.3 is 0 Å². The van der Waals surface area contributed by atoms with E-state index >= 15 is 0 Å². The number of carbonyl (C=O) groups excluding carboxylic acids is 1. The van der Waals surface area contributed by atoms with Crippen LogP contribution in [0.5, 0.6) is 0 Å². The highest BCUT2D eigenvalue weighted by Crippen LogP contribution is 2.33. The number of pyridine rings is 2. The highest BCUT2D eigenvalue weighted by atomic mass is 19.1. The van der Waals surface area contributed by atoms with Crippen LogP contribution in [0.3, 0.4) is 0 Å². The van der Waals surface area contributed by atoms with Gasteiger partial charge in [-0.2, -0.15) is 0 Å². The predicted octanol–water partition coefficient (Wildman–Crippen LogP) is 4.67. The number of fused-ring (bicyclic) bond motifs is 3. The lowest BCUT2D eigenvalue weighted by Crippen LogP contribution is -2.45. The lowest BCUT2D eigenvalue weighted by Gasteiger charge is -2.38. The van der Waals surface area contributed by atoms with Crippen LogP contribution in [0.4, 0.5) is 15.9 Å². The number of nitrogens with one attached hydrogen (secondary N) is 1. The first kappa shape index (κ1) is 24.2. The summed E-state index contributed by atoms with van der Waals surface area (Å²) in [4.78, 5) is 32.4. The van der Waals surface area contributed by atoms with Crippen molar-refractivity contribution in [2.45, 2.75) is 51.9 Å². The maximum atomic E-state index is 14.3. The number of aromatic nitrogens is 2. The number of rotatable bonds is 4. The molecule has 3 aromatic rings. The number of alkyl halides is 1. The largest absolute Gasteiger partial charge is 0.380 e. The lowest BCUT2D eigenvalue weighted by molar-refractivity contribution is 0.102. The lowest BCUT2D eigenvalue weighted by atomic mass is 9.98. The number of ether oxygens (including phenoxy) is 1. The molecule has 36 heavy (non-hydrogen) atoms. The SMILES string of the molecule is Cc1ccc(NC(=O)c2ccnc(C(C)(C)F)c2)cc1-c1cc2n(c(=O)c1)CCC1CCOCCN21. The van der Waals surface area contributed by atoms with Gasteiger partial charge in [-0.15, -0.1) is 0 Å². The van der Waals surface area contributed by atoms with Crippen molar-refractivity contribution in [3.63, 3.8) is 0 Å². The van der Waals surface area contributed by atoms with Gasteiger partial charge in [0.05, 0.1) is 12.3 Å². The van der Waals surface area contributed by atoms with Crippen LogP contribution in [0.15, 0.2) is 53.5 Å². The third-order valence-corrected chi connectivity index (χ3v) is 7.04. The molecular weight excluding hydrogens is 459 g/mol. The van der Waals surface area contributed by atoms with Gasteiger partial charge < -0.3 is 15.0 Å². The molecule has 2 aliphatic heterocycles. The molecule has 1 aromatic carbocycles. The van der Waals surface area contributed by atoms with E-state index in [1.165, 1.54) is 26.1 Å². The number of aryl methyl sites for hydroxylation is 1. The fourth-order valence-electron chi connectivity index (χ4n) is 5.01. The Morgan fingerprint density at radius 1 is 1.11 bits per heavy atom. The molecule has 1 saturated heterocycles. The van der Waals surface area contributed by atoms with Crippen LogP contribution in [0.1, 0.15) is 48.3 Å². The minimum absolute atomic E-state index is 0.0295. The number of benzene rings is 1. The van der Waals surface area contributed by atoms with Crippen LogP contribution >= 0.6 is 0 Å². The second kappa shape index (κ2) is 9.50. The van der Waals surface area contributed by atoms with E-state index in [0.717, 1.165) is 48.5 Å². The first-order valence-electron chi connectivity index (χ1n) is 12.4. The summed E-state index contributed by atoms with van der Waals surface area (Å²) < 4.78 is 21.9. The number of carbonyl (C=O) groups is 1. The van der Waals surface area contributed by atoms with Crippen LogP contribution in [0.25, 0.3) is 11.1 Å². The van der Waals surface area contributed by atoms with Crippen molar-refractivity contribution in [2.75, 3.05) is 30.0 Å². The minimum Gasteiger partial charge on any atom is -0.380 e. The zero-order valence-corrected chi connectivity index (χ0v) is 20.9. The van der Waals surface area contributed by atoms with Gasteiger partial charge in [-0.25, -0.2) is 4.39 Å².